The zero-order valence-electron chi connectivity index (χ0n) is 5.75. The van der Waals surface area contributed by atoms with Gasteiger partial charge in [0.1, 0.15) is 0 Å². The molecule has 0 nitrogen and oxygen atoms in total. The van der Waals surface area contributed by atoms with Crippen LogP contribution in [-0.4, -0.2) is 143 Å². The fourth-order valence-electron chi connectivity index (χ4n) is 0. The molecule has 0 unspecified atom stereocenters. The summed E-state index contributed by atoms with van der Waals surface area (Å²) >= 11 is 0. The Kier molecular flexibility index (Phi) is 792. The standard InChI is InChI=1S/5Cu.6Sn.12H. The van der Waals surface area contributed by atoms with Crippen LogP contribution < -0.4 is 0 Å². The number of rotatable bonds is 0. The van der Waals surface area contributed by atoms with Crippen molar-refractivity contribution in [3.63, 3.8) is 0 Å². The molecule has 0 aromatic carbocycles. The van der Waals surface area contributed by atoms with Gasteiger partial charge in [0.05, 0.1) is 0 Å². The van der Waals surface area contributed by atoms with Crippen LogP contribution in [0.4, 0.5) is 0 Å². The van der Waals surface area contributed by atoms with Crippen molar-refractivity contribution in [1.82, 2.24) is 0 Å². The van der Waals surface area contributed by atoms with Crippen LogP contribution in [0.3, 0.4) is 0 Å². The maximum absolute atomic E-state index is 0. The average Bonchev–Trinajstić information content (AvgIpc) is 0. The van der Waals surface area contributed by atoms with E-state index in [2.05, 4.69) is 0 Å². The molecule has 0 aliphatic heterocycles. The first-order chi connectivity index (χ1) is 0. The molecule has 0 amide bonds. The van der Waals surface area contributed by atoms with Crippen molar-refractivity contribution in [2.45, 2.75) is 0 Å². The van der Waals surface area contributed by atoms with Crippen molar-refractivity contribution in [3.05, 3.63) is 0 Å². The predicted molar refractivity (Wildman–Crippen MR) is 51.3 cm³/mol. The Bertz CT molecular complexity index is 10.9. The zero-order chi connectivity index (χ0) is 0. The van der Waals surface area contributed by atoms with Gasteiger partial charge < -0.3 is 0 Å². The summed E-state index contributed by atoms with van der Waals surface area (Å²) in [5.41, 5.74) is 0. The molecule has 0 aliphatic rings. The first-order valence-corrected chi connectivity index (χ1v) is 0. The summed E-state index contributed by atoms with van der Waals surface area (Å²) in [6.07, 6.45) is 0. The van der Waals surface area contributed by atoms with Gasteiger partial charge in [-0.2, -0.15) is 0 Å². The molecule has 0 fully saturated rings. The topological polar surface area (TPSA) is 0 Å². The van der Waals surface area contributed by atoms with Crippen molar-refractivity contribution in [3.8, 4) is 0 Å². The molecule has 0 heterocycles. The van der Waals surface area contributed by atoms with E-state index in [9.17, 15) is 0 Å². The van der Waals surface area contributed by atoms with Gasteiger partial charge in [-0.1, -0.05) is 0 Å². The van der Waals surface area contributed by atoms with Crippen LogP contribution in [0.15, 0.2) is 0 Å². The second-order valence-electron chi connectivity index (χ2n) is 0. The molecular formula is H12Cu5Sn6. The van der Waals surface area contributed by atoms with Crippen molar-refractivity contribution in [2.24, 2.45) is 0 Å². The summed E-state index contributed by atoms with van der Waals surface area (Å²) < 4.78 is 0. The van der Waals surface area contributed by atoms with Crippen LogP contribution in [0.25, 0.3) is 0 Å². The third-order valence-electron chi connectivity index (χ3n) is 0. The summed E-state index contributed by atoms with van der Waals surface area (Å²) in [6.45, 7) is 0. The van der Waals surface area contributed by atoms with E-state index in [4.69, 9.17) is 0 Å². The van der Waals surface area contributed by atoms with E-state index >= 15 is 0 Å². The molecule has 0 saturated heterocycles. The summed E-state index contributed by atoms with van der Waals surface area (Å²) in [5.74, 6) is 0. The Morgan fingerprint density at radius 2 is 0.182 bits per heavy atom. The Hall–Kier alpha value is 7.39. The van der Waals surface area contributed by atoms with Gasteiger partial charge in [0.15, 0.2) is 0 Å². The third kappa shape index (κ3) is 75.4. The summed E-state index contributed by atoms with van der Waals surface area (Å²) in [7, 11) is 0. The van der Waals surface area contributed by atoms with Crippen LogP contribution >= 0.6 is 0 Å². The Morgan fingerprint density at radius 3 is 0.182 bits per heavy atom. The molecule has 0 N–H and O–H groups in total. The van der Waals surface area contributed by atoms with E-state index in [-0.39, 0.29) is 229 Å². The molecule has 0 aromatic rings. The summed E-state index contributed by atoms with van der Waals surface area (Å²) in [6, 6.07) is 0. The molecule has 11 heteroatoms. The minimum atomic E-state index is 0. The van der Waals surface area contributed by atoms with Gasteiger partial charge in [-0.05, 0) is 0 Å². The third-order valence-corrected chi connectivity index (χ3v) is 0. The zero-order valence-corrected chi connectivity index (χ0v) is 34.7. The van der Waals surface area contributed by atoms with Gasteiger partial charge >= 0.3 is 143 Å². The second kappa shape index (κ2) is 85.5. The number of hydrogen-bond acceptors (Lipinski definition) is 0. The average molecular weight is 1040 g/mol. The van der Waals surface area contributed by atoms with Gasteiger partial charge in [0, 0.05) is 85.3 Å². The minimum absolute atomic E-state index is 0. The summed E-state index contributed by atoms with van der Waals surface area (Å²) in [4.78, 5) is 0. The van der Waals surface area contributed by atoms with Crippen LogP contribution in [0, 0.1) is 0 Å². The predicted octanol–water partition coefficient (Wildman–Crippen LogP) is -5.51. The maximum atomic E-state index is 0. The fraction of sp³-hybridized carbons (Fsp3) is 0. The molecular weight excluding hydrogens is 1030 g/mol. The Morgan fingerprint density at radius 1 is 0.182 bits per heavy atom. The van der Waals surface area contributed by atoms with E-state index in [1.165, 1.54) is 0 Å². The van der Waals surface area contributed by atoms with Crippen LogP contribution in [-0.2, 0) is 85.3 Å². The van der Waals surface area contributed by atoms with Crippen molar-refractivity contribution in [1.29, 1.82) is 0 Å². The molecule has 0 rings (SSSR count). The first kappa shape index (κ1) is 102. The molecule has 0 atom stereocenters. The molecule has 91 valence electrons. The van der Waals surface area contributed by atoms with Gasteiger partial charge in [0.2, 0.25) is 0 Å². The molecule has 0 spiro atoms. The molecule has 11 heavy (non-hydrogen) atoms. The second-order valence-corrected chi connectivity index (χ2v) is 0. The van der Waals surface area contributed by atoms with Crippen LogP contribution in [0.5, 0.6) is 0 Å². The quantitative estimate of drug-likeness (QED) is 0.213. The SMILES string of the molecule is [Cu].[Cu].[Cu].[Cu].[Cu].[SnH2].[SnH2].[SnH2].[SnH2].[SnH2].[SnH2]. The van der Waals surface area contributed by atoms with Crippen molar-refractivity contribution < 1.29 is 85.3 Å². The van der Waals surface area contributed by atoms with Gasteiger partial charge in [-0.3, -0.25) is 0 Å². The van der Waals surface area contributed by atoms with Crippen LogP contribution in [0.1, 0.15) is 0 Å². The number of hydrogen-bond donors (Lipinski definition) is 0. The first-order valence-electron chi connectivity index (χ1n) is 0. The summed E-state index contributed by atoms with van der Waals surface area (Å²) in [5, 5.41) is 0. The van der Waals surface area contributed by atoms with Gasteiger partial charge in [-0.25, -0.2) is 0 Å². The molecule has 0 bridgehead atoms. The normalized spacial score (nSPS) is 0. The monoisotopic (exact) mass is 1050 g/mol. The Balaban J connectivity index is 0. The Labute approximate surface area is 223 Å². The molecule has 17 radical (unpaired) electrons. The van der Waals surface area contributed by atoms with Crippen molar-refractivity contribution >= 4 is 143 Å². The molecule has 0 aliphatic carbocycles. The van der Waals surface area contributed by atoms with E-state index in [1.807, 2.05) is 0 Å². The molecule has 0 saturated carbocycles. The molecule has 0 aromatic heterocycles. The van der Waals surface area contributed by atoms with E-state index in [1.54, 1.807) is 0 Å². The van der Waals surface area contributed by atoms with E-state index in [0.717, 1.165) is 0 Å². The fourth-order valence-corrected chi connectivity index (χ4v) is 0. The van der Waals surface area contributed by atoms with E-state index < -0.39 is 0 Å². The van der Waals surface area contributed by atoms with E-state index in [0.29, 0.717) is 0 Å². The van der Waals surface area contributed by atoms with Crippen LogP contribution in [0.2, 0.25) is 0 Å². The van der Waals surface area contributed by atoms with Crippen molar-refractivity contribution in [2.75, 3.05) is 0 Å². The van der Waals surface area contributed by atoms with Gasteiger partial charge in [-0.15, -0.1) is 0 Å². The van der Waals surface area contributed by atoms with Gasteiger partial charge in [0.25, 0.3) is 0 Å².